The van der Waals surface area contributed by atoms with E-state index in [1.807, 2.05) is 90.1 Å². The Morgan fingerprint density at radius 2 is 1.18 bits per heavy atom. The Kier molecular flexibility index (Phi) is 19.1. The third-order valence-electron chi connectivity index (χ3n) is 7.91. The second-order valence-corrected chi connectivity index (χ2v) is 14.7. The van der Waals surface area contributed by atoms with Gasteiger partial charge in [0.25, 0.3) is 0 Å². The van der Waals surface area contributed by atoms with Crippen LogP contribution in [0.25, 0.3) is 10.9 Å². The molecule has 4 rings (SSSR count). The molecular formula is C42H56N6O9. The second-order valence-electron chi connectivity index (χ2n) is 14.7. The molecule has 2 heterocycles. The van der Waals surface area contributed by atoms with Crippen molar-refractivity contribution in [1.29, 1.82) is 5.26 Å². The first-order valence-corrected chi connectivity index (χ1v) is 18.8. The van der Waals surface area contributed by atoms with Crippen molar-refractivity contribution in [2.24, 2.45) is 0 Å². The van der Waals surface area contributed by atoms with Crippen LogP contribution in [-0.2, 0) is 28.5 Å². The van der Waals surface area contributed by atoms with Crippen LogP contribution in [0, 0.1) is 17.9 Å². The number of amides is 2. The van der Waals surface area contributed by atoms with Crippen molar-refractivity contribution < 1.29 is 42.9 Å². The van der Waals surface area contributed by atoms with E-state index in [9.17, 15) is 29.2 Å². The summed E-state index contributed by atoms with van der Waals surface area (Å²) < 4.78 is 20.1. The minimum absolute atomic E-state index is 0.0336. The Labute approximate surface area is 336 Å². The number of piperazine rings is 2. The van der Waals surface area contributed by atoms with Gasteiger partial charge in [0.1, 0.15) is 29.1 Å². The lowest BCUT2D eigenvalue weighted by Gasteiger charge is -2.36. The van der Waals surface area contributed by atoms with Gasteiger partial charge in [0.05, 0.1) is 13.2 Å². The molecule has 2 aromatic carbocycles. The minimum atomic E-state index is -0.624. The minimum Gasteiger partial charge on any atom is -0.462 e. The third kappa shape index (κ3) is 17.5. The van der Waals surface area contributed by atoms with Crippen molar-refractivity contribution in [3.8, 4) is 6.07 Å². The van der Waals surface area contributed by atoms with Gasteiger partial charge in [-0.25, -0.2) is 25.8 Å². The first kappa shape index (κ1) is 47.1. The van der Waals surface area contributed by atoms with E-state index < -0.39 is 23.1 Å². The number of anilines is 2. The number of rotatable bonds is 8. The van der Waals surface area contributed by atoms with Crippen molar-refractivity contribution in [3.63, 3.8) is 0 Å². The van der Waals surface area contributed by atoms with Gasteiger partial charge < -0.3 is 43.4 Å². The van der Waals surface area contributed by atoms with E-state index in [0.29, 0.717) is 51.4 Å². The van der Waals surface area contributed by atoms with Crippen LogP contribution in [0.3, 0.4) is 0 Å². The first-order valence-electron chi connectivity index (χ1n) is 18.8. The van der Waals surface area contributed by atoms with Gasteiger partial charge in [-0.1, -0.05) is 24.3 Å². The quantitative estimate of drug-likeness (QED) is 0.0740. The molecule has 2 fully saturated rings. The summed E-state index contributed by atoms with van der Waals surface area (Å²) in [7, 11) is 0. The summed E-state index contributed by atoms with van der Waals surface area (Å²) in [5.41, 5.74) is 2.40. The number of hydrogen-bond acceptors (Lipinski definition) is 12. The lowest BCUT2D eigenvalue weighted by Crippen LogP contribution is -2.50. The zero-order valence-electron chi connectivity index (χ0n) is 34.4. The number of aldehydes is 1. The van der Waals surface area contributed by atoms with Gasteiger partial charge in [-0.3, -0.25) is 4.79 Å². The van der Waals surface area contributed by atoms with Gasteiger partial charge in [-0.15, -0.1) is 0 Å². The molecule has 308 valence electrons. The average molecular weight is 789 g/mol. The third-order valence-corrected chi connectivity index (χ3v) is 7.91. The molecule has 0 saturated carbocycles. The largest absolute Gasteiger partial charge is 0.462 e. The number of hydrogen-bond donors (Lipinski definition) is 0. The standard InChI is InChI=1S/C21H27N3O4.C16H22N2O3.C5H7NO2/c1-5-27-19(25)17(15-22)13-16-7-6-8-18(14-16)23-9-11-24(12-10-23)20(26)28-21(2,3)4;1-16(2,3)21-15(20)18-9-7-17(8-10-18)14-6-4-5-13(11-14)12-19;1-3-8-5(7)4-6-2/h6-8,13-14H,5,9-12H2,1-4H3;4-6,11-12H,7-10H2,1-3H3;3-4H2,1H3/b17-13+;;. The predicted octanol–water partition coefficient (Wildman–Crippen LogP) is 6.24. The fourth-order valence-corrected chi connectivity index (χ4v) is 5.34. The van der Waals surface area contributed by atoms with Crippen LogP contribution in [0.5, 0.6) is 0 Å². The molecule has 15 nitrogen and oxygen atoms in total. The second kappa shape index (κ2) is 23.1. The van der Waals surface area contributed by atoms with Crippen LogP contribution < -0.4 is 9.80 Å². The van der Waals surface area contributed by atoms with E-state index in [-0.39, 0.29) is 30.9 Å². The van der Waals surface area contributed by atoms with Gasteiger partial charge in [-0.05, 0) is 91.3 Å². The van der Waals surface area contributed by atoms with Gasteiger partial charge in [0.2, 0.25) is 0 Å². The Morgan fingerprint density at radius 1 is 0.737 bits per heavy atom. The van der Waals surface area contributed by atoms with Crippen LogP contribution in [0.2, 0.25) is 0 Å². The van der Waals surface area contributed by atoms with E-state index in [4.69, 9.17) is 20.8 Å². The van der Waals surface area contributed by atoms with Crippen molar-refractivity contribution >= 4 is 47.9 Å². The zero-order valence-corrected chi connectivity index (χ0v) is 34.4. The zero-order chi connectivity index (χ0) is 42.6. The molecule has 2 amide bonds. The molecular weight excluding hydrogens is 732 g/mol. The molecule has 0 bridgehead atoms. The van der Waals surface area contributed by atoms with E-state index in [1.165, 1.54) is 6.08 Å². The first-order chi connectivity index (χ1) is 26.9. The molecule has 0 radical (unpaired) electrons. The molecule has 0 atom stereocenters. The molecule has 2 aromatic rings. The number of benzene rings is 2. The maximum absolute atomic E-state index is 12.2. The summed E-state index contributed by atoms with van der Waals surface area (Å²) in [6.45, 7) is 26.4. The number of esters is 2. The van der Waals surface area contributed by atoms with Crippen molar-refractivity contribution in [2.75, 3.05) is 81.9 Å². The molecule has 2 saturated heterocycles. The lowest BCUT2D eigenvalue weighted by molar-refractivity contribution is -0.140. The van der Waals surface area contributed by atoms with E-state index in [2.05, 4.69) is 19.4 Å². The Hall–Kier alpha value is -6.09. The highest BCUT2D eigenvalue weighted by Crippen LogP contribution is 2.22. The summed E-state index contributed by atoms with van der Waals surface area (Å²) >= 11 is 0. The summed E-state index contributed by atoms with van der Waals surface area (Å²) in [5.74, 6) is -1.07. The van der Waals surface area contributed by atoms with Gasteiger partial charge in [-0.2, -0.15) is 5.26 Å². The molecule has 57 heavy (non-hydrogen) atoms. The molecule has 0 aromatic heterocycles. The highest BCUT2D eigenvalue weighted by molar-refractivity contribution is 5.98. The van der Waals surface area contributed by atoms with Crippen LogP contribution in [-0.4, -0.2) is 124 Å². The maximum Gasteiger partial charge on any atom is 0.410 e. The molecule has 15 heteroatoms. The van der Waals surface area contributed by atoms with E-state index in [1.54, 1.807) is 29.7 Å². The van der Waals surface area contributed by atoms with E-state index >= 15 is 0 Å². The molecule has 0 unspecified atom stereocenters. The normalized spacial score (nSPS) is 14.2. The number of carbonyl (C=O) groups is 5. The maximum atomic E-state index is 12.2. The fourth-order valence-electron chi connectivity index (χ4n) is 5.34. The van der Waals surface area contributed by atoms with Crippen LogP contribution >= 0.6 is 0 Å². The summed E-state index contributed by atoms with van der Waals surface area (Å²) in [6, 6.07) is 17.0. The summed E-state index contributed by atoms with van der Waals surface area (Å²) in [4.78, 5) is 67.6. The van der Waals surface area contributed by atoms with Gasteiger partial charge >= 0.3 is 30.7 Å². The van der Waals surface area contributed by atoms with Crippen molar-refractivity contribution in [1.82, 2.24) is 9.80 Å². The highest BCUT2D eigenvalue weighted by Gasteiger charge is 2.27. The fraction of sp³-hybridized carbons (Fsp3) is 0.500. The van der Waals surface area contributed by atoms with Crippen LogP contribution in [0.4, 0.5) is 21.0 Å². The van der Waals surface area contributed by atoms with Crippen LogP contribution in [0.15, 0.2) is 54.1 Å². The average Bonchev–Trinajstić information content (AvgIpc) is 3.16. The molecule has 0 aliphatic carbocycles. The molecule has 2 aliphatic heterocycles. The monoisotopic (exact) mass is 788 g/mol. The number of nitrogens with zero attached hydrogens (tertiary/aromatic N) is 6. The van der Waals surface area contributed by atoms with Gasteiger partial charge in [0.15, 0.2) is 0 Å². The number of carbonyl (C=O) groups excluding carboxylic acids is 5. The summed E-state index contributed by atoms with van der Waals surface area (Å²) in [6.07, 6.45) is 1.82. The lowest BCUT2D eigenvalue weighted by atomic mass is 10.1. The molecule has 0 spiro atoms. The Bertz CT molecular complexity index is 1770. The van der Waals surface area contributed by atoms with Crippen LogP contribution in [0.1, 0.15) is 71.3 Å². The summed E-state index contributed by atoms with van der Waals surface area (Å²) in [5, 5.41) is 9.19. The smallest absolute Gasteiger partial charge is 0.410 e. The van der Waals surface area contributed by atoms with Crippen molar-refractivity contribution in [3.05, 3.63) is 76.6 Å². The molecule has 0 N–H and O–H groups in total. The highest BCUT2D eigenvalue weighted by atomic mass is 16.6. The van der Waals surface area contributed by atoms with Crippen molar-refractivity contribution in [2.45, 2.75) is 66.6 Å². The number of ether oxygens (including phenoxy) is 4. The Balaban J connectivity index is 0.000000339. The van der Waals surface area contributed by atoms with Gasteiger partial charge in [0, 0.05) is 69.3 Å². The molecule has 2 aliphatic rings. The number of nitriles is 1. The predicted molar refractivity (Wildman–Crippen MR) is 217 cm³/mol. The van der Waals surface area contributed by atoms with E-state index in [0.717, 1.165) is 36.3 Å². The Morgan fingerprint density at radius 3 is 1.56 bits per heavy atom. The SMILES string of the molecule is CC(C)(C)OC(=O)N1CCN(c2cccc(C=O)c2)CC1.CCOC(=O)/C(C#N)=C/c1cccc(N2CCN(C(=O)OC(C)(C)C)CC2)c1.[C-]#[N+]CC(=O)OCC. The topological polar surface area (TPSA) is 163 Å².